The van der Waals surface area contributed by atoms with E-state index in [2.05, 4.69) is 23.3 Å². The zero-order valence-electron chi connectivity index (χ0n) is 13.0. The van der Waals surface area contributed by atoms with E-state index < -0.39 is 0 Å². The largest absolute Gasteiger partial charge is 0.493 e. The average molecular weight is 407 g/mol. The third-order valence-corrected chi connectivity index (χ3v) is 2.72. The van der Waals surface area contributed by atoms with Crippen LogP contribution in [-0.4, -0.2) is 32.8 Å². The molecule has 0 radical (unpaired) electrons. The Labute approximate surface area is 144 Å². The minimum Gasteiger partial charge on any atom is -0.493 e. The summed E-state index contributed by atoms with van der Waals surface area (Å²) in [6.07, 6.45) is 0.983. The maximum absolute atomic E-state index is 5.78. The van der Waals surface area contributed by atoms with Gasteiger partial charge in [-0.1, -0.05) is 19.1 Å². The molecule has 1 rings (SSSR count). The predicted octanol–water partition coefficient (Wildman–Crippen LogP) is 2.45. The second-order valence-corrected chi connectivity index (χ2v) is 4.58. The maximum atomic E-state index is 5.78. The van der Waals surface area contributed by atoms with Crippen LogP contribution in [-0.2, 0) is 11.3 Å². The van der Waals surface area contributed by atoms with Gasteiger partial charge in [0.2, 0.25) is 0 Å². The first-order valence-electron chi connectivity index (χ1n) is 6.92. The molecule has 5 nitrogen and oxygen atoms in total. The molecule has 6 heteroatoms. The molecule has 0 saturated carbocycles. The molecule has 3 N–H and O–H groups in total. The fraction of sp³-hybridized carbons (Fsp3) is 0.533. The molecular weight excluding hydrogens is 381 g/mol. The van der Waals surface area contributed by atoms with E-state index >= 15 is 0 Å². The molecule has 0 aromatic heterocycles. The van der Waals surface area contributed by atoms with Gasteiger partial charge in [-0.25, -0.2) is 4.99 Å². The van der Waals surface area contributed by atoms with Crippen molar-refractivity contribution in [1.82, 2.24) is 5.32 Å². The van der Waals surface area contributed by atoms with Crippen LogP contribution in [0.2, 0.25) is 0 Å². The summed E-state index contributed by atoms with van der Waals surface area (Å²) in [5.74, 6) is 1.31. The molecular formula is C15H26IN3O2. The van der Waals surface area contributed by atoms with Gasteiger partial charge in [0, 0.05) is 19.2 Å². The van der Waals surface area contributed by atoms with Crippen LogP contribution in [0.5, 0.6) is 5.75 Å². The number of aryl methyl sites for hydroxylation is 1. The predicted molar refractivity (Wildman–Crippen MR) is 97.6 cm³/mol. The summed E-state index contributed by atoms with van der Waals surface area (Å²) in [7, 11) is 1.65. The van der Waals surface area contributed by atoms with Gasteiger partial charge in [-0.3, -0.25) is 0 Å². The summed E-state index contributed by atoms with van der Waals surface area (Å²) >= 11 is 0. The topological polar surface area (TPSA) is 68.9 Å². The molecule has 0 spiro atoms. The number of benzene rings is 1. The van der Waals surface area contributed by atoms with Gasteiger partial charge in [-0.2, -0.15) is 0 Å². The molecule has 0 atom stereocenters. The first-order valence-corrected chi connectivity index (χ1v) is 6.92. The molecule has 0 unspecified atom stereocenters. The monoisotopic (exact) mass is 407 g/mol. The van der Waals surface area contributed by atoms with Gasteiger partial charge in [0.1, 0.15) is 5.75 Å². The van der Waals surface area contributed by atoms with Gasteiger partial charge in [0.15, 0.2) is 5.96 Å². The van der Waals surface area contributed by atoms with Crippen molar-refractivity contribution in [2.75, 3.05) is 26.9 Å². The van der Waals surface area contributed by atoms with E-state index in [-0.39, 0.29) is 24.0 Å². The Kier molecular flexibility index (Phi) is 11.1. The smallest absolute Gasteiger partial charge is 0.189 e. The van der Waals surface area contributed by atoms with Gasteiger partial charge < -0.3 is 20.5 Å². The molecule has 1 aromatic rings. The van der Waals surface area contributed by atoms with E-state index in [1.165, 1.54) is 5.56 Å². The van der Waals surface area contributed by atoms with E-state index in [1.54, 1.807) is 7.11 Å². The summed E-state index contributed by atoms with van der Waals surface area (Å²) in [5.41, 5.74) is 8.00. The highest BCUT2D eigenvalue weighted by Gasteiger charge is 2.04. The summed E-state index contributed by atoms with van der Waals surface area (Å²) < 4.78 is 10.7. The van der Waals surface area contributed by atoms with Crippen molar-refractivity contribution in [2.24, 2.45) is 10.7 Å². The average Bonchev–Trinajstić information content (AvgIpc) is 2.44. The van der Waals surface area contributed by atoms with Crippen LogP contribution < -0.4 is 15.8 Å². The van der Waals surface area contributed by atoms with E-state index in [4.69, 9.17) is 15.2 Å². The van der Waals surface area contributed by atoms with E-state index in [0.717, 1.165) is 17.7 Å². The lowest BCUT2D eigenvalue weighted by Gasteiger charge is -2.11. The molecule has 0 aliphatic rings. The van der Waals surface area contributed by atoms with Gasteiger partial charge >= 0.3 is 0 Å². The number of hydrogen-bond donors (Lipinski definition) is 2. The van der Waals surface area contributed by atoms with E-state index in [9.17, 15) is 0 Å². The zero-order valence-corrected chi connectivity index (χ0v) is 15.3. The third-order valence-electron chi connectivity index (χ3n) is 2.72. The Morgan fingerprint density at radius 2 is 2.10 bits per heavy atom. The van der Waals surface area contributed by atoms with E-state index in [1.807, 2.05) is 19.1 Å². The van der Waals surface area contributed by atoms with Crippen molar-refractivity contribution in [3.8, 4) is 5.75 Å². The maximum Gasteiger partial charge on any atom is 0.189 e. The number of ether oxygens (including phenoxy) is 2. The molecule has 0 aliphatic carbocycles. The highest BCUT2D eigenvalue weighted by molar-refractivity contribution is 14.0. The Balaban J connectivity index is 0.00000400. The van der Waals surface area contributed by atoms with Crippen LogP contribution in [0, 0.1) is 6.92 Å². The molecule has 0 amide bonds. The Morgan fingerprint density at radius 1 is 1.33 bits per heavy atom. The minimum absolute atomic E-state index is 0. The van der Waals surface area contributed by atoms with Gasteiger partial charge in [0.25, 0.3) is 0 Å². The number of halogens is 1. The van der Waals surface area contributed by atoms with Crippen molar-refractivity contribution in [3.05, 3.63) is 29.3 Å². The van der Waals surface area contributed by atoms with E-state index in [0.29, 0.717) is 32.3 Å². The third kappa shape index (κ3) is 8.11. The molecule has 0 heterocycles. The minimum atomic E-state index is 0. The molecule has 0 bridgehead atoms. The normalized spacial score (nSPS) is 10.9. The number of nitrogens with zero attached hydrogens (tertiary/aromatic N) is 1. The lowest BCUT2D eigenvalue weighted by atomic mass is 10.1. The molecule has 120 valence electrons. The van der Waals surface area contributed by atoms with Crippen molar-refractivity contribution >= 4 is 29.9 Å². The fourth-order valence-electron chi connectivity index (χ4n) is 1.65. The Morgan fingerprint density at radius 3 is 2.76 bits per heavy atom. The SMILES string of the molecule is CCCOc1cc(C)ccc1CN=C(N)NCCOC.I. The summed E-state index contributed by atoms with van der Waals surface area (Å²) in [4.78, 5) is 4.31. The van der Waals surface area contributed by atoms with Crippen molar-refractivity contribution < 1.29 is 9.47 Å². The second-order valence-electron chi connectivity index (χ2n) is 4.58. The Bertz CT molecular complexity index is 439. The highest BCUT2D eigenvalue weighted by atomic mass is 127. The van der Waals surface area contributed by atoms with Crippen LogP contribution in [0.4, 0.5) is 0 Å². The van der Waals surface area contributed by atoms with Crippen molar-refractivity contribution in [1.29, 1.82) is 0 Å². The summed E-state index contributed by atoms with van der Waals surface area (Å²) in [6.45, 7) is 6.61. The van der Waals surface area contributed by atoms with Crippen LogP contribution in [0.3, 0.4) is 0 Å². The summed E-state index contributed by atoms with van der Waals surface area (Å²) in [6, 6.07) is 6.12. The number of rotatable bonds is 8. The Hall–Kier alpha value is -1.02. The lowest BCUT2D eigenvalue weighted by molar-refractivity contribution is 0.204. The summed E-state index contributed by atoms with van der Waals surface area (Å²) in [5, 5.41) is 2.99. The van der Waals surface area contributed by atoms with Crippen LogP contribution in [0.25, 0.3) is 0 Å². The zero-order chi connectivity index (χ0) is 14.8. The highest BCUT2D eigenvalue weighted by Crippen LogP contribution is 2.21. The first kappa shape index (κ1) is 20.0. The molecule has 21 heavy (non-hydrogen) atoms. The van der Waals surface area contributed by atoms with Crippen molar-refractivity contribution in [2.45, 2.75) is 26.8 Å². The molecule has 0 aliphatic heterocycles. The number of hydrogen-bond acceptors (Lipinski definition) is 3. The van der Waals surface area contributed by atoms with Crippen molar-refractivity contribution in [3.63, 3.8) is 0 Å². The second kappa shape index (κ2) is 11.6. The number of nitrogens with one attached hydrogen (secondary N) is 1. The molecule has 0 fully saturated rings. The van der Waals surface area contributed by atoms with Gasteiger partial charge in [0.05, 0.1) is 19.8 Å². The number of guanidine groups is 1. The number of aliphatic imine (C=N–C) groups is 1. The van der Waals surface area contributed by atoms with Crippen LogP contribution in [0.1, 0.15) is 24.5 Å². The molecule has 0 saturated heterocycles. The quantitative estimate of drug-likeness (QED) is 0.301. The standard InChI is InChI=1S/C15H25N3O2.HI/c1-4-8-20-14-10-12(2)5-6-13(14)11-18-15(16)17-7-9-19-3;/h5-6,10H,4,7-9,11H2,1-3H3,(H3,16,17,18);1H. The fourth-order valence-corrected chi connectivity index (χ4v) is 1.65. The van der Waals surface area contributed by atoms with Gasteiger partial charge in [-0.05, 0) is 25.0 Å². The van der Waals surface area contributed by atoms with Crippen LogP contribution >= 0.6 is 24.0 Å². The van der Waals surface area contributed by atoms with Gasteiger partial charge in [-0.15, -0.1) is 24.0 Å². The number of methoxy groups -OCH3 is 1. The molecule has 1 aromatic carbocycles. The first-order chi connectivity index (χ1) is 9.67. The number of nitrogens with two attached hydrogens (primary N) is 1. The van der Waals surface area contributed by atoms with Crippen LogP contribution in [0.15, 0.2) is 23.2 Å². The lowest BCUT2D eigenvalue weighted by Crippen LogP contribution is -2.34.